The number of halogens is 1. The van der Waals surface area contributed by atoms with Crippen molar-refractivity contribution in [2.75, 3.05) is 31.1 Å². The van der Waals surface area contributed by atoms with Gasteiger partial charge in [0.05, 0.1) is 5.69 Å². The first-order chi connectivity index (χ1) is 13.7. The maximum Gasteiger partial charge on any atom is 0.317 e. The van der Waals surface area contributed by atoms with Crippen LogP contribution in [0.4, 0.5) is 10.6 Å². The van der Waals surface area contributed by atoms with E-state index in [0.717, 1.165) is 43.0 Å². The lowest BCUT2D eigenvalue weighted by molar-refractivity contribution is 0.186. The van der Waals surface area contributed by atoms with Crippen molar-refractivity contribution in [3.63, 3.8) is 0 Å². The van der Waals surface area contributed by atoms with Gasteiger partial charge in [0.2, 0.25) is 0 Å². The first-order valence-corrected chi connectivity index (χ1v) is 10.5. The number of aromatic nitrogens is 2. The molecule has 2 aliphatic rings. The van der Waals surface area contributed by atoms with Crippen LogP contribution in [-0.2, 0) is 0 Å². The number of anilines is 1. The van der Waals surface area contributed by atoms with Crippen LogP contribution in [-0.4, -0.2) is 53.3 Å². The Morgan fingerprint density at radius 1 is 0.929 bits per heavy atom. The second-order valence-corrected chi connectivity index (χ2v) is 7.98. The minimum atomic E-state index is 0.0794. The summed E-state index contributed by atoms with van der Waals surface area (Å²) in [6.07, 6.45) is 5.97. The molecule has 4 rings (SSSR count). The van der Waals surface area contributed by atoms with Gasteiger partial charge < -0.3 is 15.1 Å². The molecule has 0 radical (unpaired) electrons. The summed E-state index contributed by atoms with van der Waals surface area (Å²) in [5.74, 6) is 0.852. The standard InChI is InChI=1S/C21H26ClN5O/c22-17-8-6-16(7-9-17)19-10-11-20(25-24-19)26-12-14-27(15-13-26)21(28)23-18-4-2-1-3-5-18/h6-11,18H,1-5,12-15H2,(H,23,28). The molecule has 0 unspecified atom stereocenters. The molecule has 1 saturated heterocycles. The van der Waals surface area contributed by atoms with E-state index in [2.05, 4.69) is 20.4 Å². The predicted molar refractivity (Wildman–Crippen MR) is 112 cm³/mol. The number of benzene rings is 1. The normalized spacial score (nSPS) is 18.2. The van der Waals surface area contributed by atoms with Crippen LogP contribution in [0, 0.1) is 0 Å². The van der Waals surface area contributed by atoms with Crippen molar-refractivity contribution in [1.29, 1.82) is 0 Å². The molecule has 148 valence electrons. The monoisotopic (exact) mass is 399 g/mol. The van der Waals surface area contributed by atoms with Crippen LogP contribution in [0.25, 0.3) is 11.3 Å². The number of carbonyl (C=O) groups excluding carboxylic acids is 1. The molecule has 1 N–H and O–H groups in total. The summed E-state index contributed by atoms with van der Waals surface area (Å²) in [6.45, 7) is 2.96. The fraction of sp³-hybridized carbons (Fsp3) is 0.476. The van der Waals surface area contributed by atoms with E-state index in [-0.39, 0.29) is 6.03 Å². The molecular weight excluding hydrogens is 374 g/mol. The van der Waals surface area contributed by atoms with E-state index in [1.54, 1.807) is 0 Å². The Balaban J connectivity index is 1.30. The second-order valence-electron chi connectivity index (χ2n) is 7.54. The van der Waals surface area contributed by atoms with E-state index in [0.29, 0.717) is 24.2 Å². The van der Waals surface area contributed by atoms with Gasteiger partial charge in [-0.05, 0) is 37.1 Å². The molecule has 2 aromatic rings. The molecule has 28 heavy (non-hydrogen) atoms. The average Bonchev–Trinajstić information content (AvgIpc) is 2.75. The van der Waals surface area contributed by atoms with Gasteiger partial charge in [0.15, 0.2) is 5.82 Å². The summed E-state index contributed by atoms with van der Waals surface area (Å²) in [6, 6.07) is 12.0. The maximum atomic E-state index is 12.5. The quantitative estimate of drug-likeness (QED) is 0.848. The molecule has 6 nitrogen and oxygen atoms in total. The third-order valence-electron chi connectivity index (χ3n) is 5.61. The Labute approximate surface area is 170 Å². The molecule has 2 heterocycles. The summed E-state index contributed by atoms with van der Waals surface area (Å²) < 4.78 is 0. The lowest BCUT2D eigenvalue weighted by Crippen LogP contribution is -2.53. The summed E-state index contributed by atoms with van der Waals surface area (Å²) in [5.41, 5.74) is 1.82. The molecule has 0 bridgehead atoms. The zero-order chi connectivity index (χ0) is 19.3. The van der Waals surface area contributed by atoms with E-state index >= 15 is 0 Å². The Bertz CT molecular complexity index is 781. The largest absolute Gasteiger partial charge is 0.352 e. The number of piperazine rings is 1. The summed E-state index contributed by atoms with van der Waals surface area (Å²) in [7, 11) is 0. The summed E-state index contributed by atoms with van der Waals surface area (Å²) in [5, 5.41) is 12.7. The first-order valence-electron chi connectivity index (χ1n) is 10.1. The SMILES string of the molecule is O=C(NC1CCCCC1)N1CCN(c2ccc(-c3ccc(Cl)cc3)nn2)CC1. The van der Waals surface area contributed by atoms with Gasteiger partial charge in [-0.1, -0.05) is 43.0 Å². The number of rotatable bonds is 3. The van der Waals surface area contributed by atoms with Gasteiger partial charge in [0.1, 0.15) is 0 Å². The molecule has 2 fully saturated rings. The minimum absolute atomic E-state index is 0.0794. The number of nitrogens with one attached hydrogen (secondary N) is 1. The van der Waals surface area contributed by atoms with Gasteiger partial charge in [-0.15, -0.1) is 10.2 Å². The minimum Gasteiger partial charge on any atom is -0.352 e. The van der Waals surface area contributed by atoms with Crippen molar-refractivity contribution < 1.29 is 4.79 Å². The highest BCUT2D eigenvalue weighted by Crippen LogP contribution is 2.22. The third kappa shape index (κ3) is 4.55. The van der Waals surface area contributed by atoms with E-state index < -0.39 is 0 Å². The average molecular weight is 400 g/mol. The highest BCUT2D eigenvalue weighted by Gasteiger charge is 2.24. The van der Waals surface area contributed by atoms with Gasteiger partial charge in [-0.2, -0.15) is 0 Å². The number of hydrogen-bond acceptors (Lipinski definition) is 4. The van der Waals surface area contributed by atoms with E-state index in [1.807, 2.05) is 41.3 Å². The highest BCUT2D eigenvalue weighted by molar-refractivity contribution is 6.30. The van der Waals surface area contributed by atoms with Crippen LogP contribution in [0.1, 0.15) is 32.1 Å². The molecule has 0 atom stereocenters. The van der Waals surface area contributed by atoms with Crippen LogP contribution >= 0.6 is 11.6 Å². The number of carbonyl (C=O) groups is 1. The van der Waals surface area contributed by atoms with Crippen molar-refractivity contribution in [1.82, 2.24) is 20.4 Å². The van der Waals surface area contributed by atoms with Gasteiger partial charge in [0.25, 0.3) is 0 Å². The number of urea groups is 1. The molecule has 2 amide bonds. The van der Waals surface area contributed by atoms with Crippen LogP contribution in [0.2, 0.25) is 5.02 Å². The topological polar surface area (TPSA) is 61.4 Å². The van der Waals surface area contributed by atoms with Crippen molar-refractivity contribution in [3.05, 3.63) is 41.4 Å². The molecule has 0 spiro atoms. The molecule has 1 aliphatic carbocycles. The second kappa shape index (κ2) is 8.78. The number of amides is 2. The van der Waals surface area contributed by atoms with Crippen molar-refractivity contribution in [2.24, 2.45) is 0 Å². The van der Waals surface area contributed by atoms with E-state index in [9.17, 15) is 4.79 Å². The van der Waals surface area contributed by atoms with Crippen LogP contribution in [0.5, 0.6) is 0 Å². The first kappa shape index (κ1) is 19.0. The number of hydrogen-bond donors (Lipinski definition) is 1. The Morgan fingerprint density at radius 3 is 2.29 bits per heavy atom. The lowest BCUT2D eigenvalue weighted by atomic mass is 9.96. The zero-order valence-electron chi connectivity index (χ0n) is 16.0. The Morgan fingerprint density at radius 2 is 1.64 bits per heavy atom. The lowest BCUT2D eigenvalue weighted by Gasteiger charge is -2.36. The predicted octanol–water partition coefficient (Wildman–Crippen LogP) is 3.96. The highest BCUT2D eigenvalue weighted by atomic mass is 35.5. The molecule has 1 saturated carbocycles. The smallest absolute Gasteiger partial charge is 0.317 e. The Kier molecular flexibility index (Phi) is 5.95. The van der Waals surface area contributed by atoms with Crippen LogP contribution < -0.4 is 10.2 Å². The van der Waals surface area contributed by atoms with Gasteiger partial charge in [0, 0.05) is 42.8 Å². The summed E-state index contributed by atoms with van der Waals surface area (Å²) in [4.78, 5) is 16.6. The molecule has 1 aliphatic heterocycles. The molecule has 7 heteroatoms. The van der Waals surface area contributed by atoms with E-state index in [4.69, 9.17) is 11.6 Å². The van der Waals surface area contributed by atoms with Crippen molar-refractivity contribution in [2.45, 2.75) is 38.1 Å². The maximum absolute atomic E-state index is 12.5. The fourth-order valence-corrected chi connectivity index (χ4v) is 4.05. The summed E-state index contributed by atoms with van der Waals surface area (Å²) >= 11 is 5.94. The van der Waals surface area contributed by atoms with Gasteiger partial charge in [-0.25, -0.2) is 4.79 Å². The molecule has 1 aromatic heterocycles. The Hall–Kier alpha value is -2.34. The van der Waals surface area contributed by atoms with Crippen molar-refractivity contribution >= 4 is 23.4 Å². The zero-order valence-corrected chi connectivity index (χ0v) is 16.7. The van der Waals surface area contributed by atoms with Gasteiger partial charge >= 0.3 is 6.03 Å². The van der Waals surface area contributed by atoms with E-state index in [1.165, 1.54) is 19.3 Å². The fourth-order valence-electron chi connectivity index (χ4n) is 3.92. The third-order valence-corrected chi connectivity index (χ3v) is 5.87. The van der Waals surface area contributed by atoms with Crippen molar-refractivity contribution in [3.8, 4) is 11.3 Å². The number of nitrogens with zero attached hydrogens (tertiary/aromatic N) is 4. The molecule has 1 aromatic carbocycles. The van der Waals surface area contributed by atoms with Crippen LogP contribution in [0.3, 0.4) is 0 Å². The molecular formula is C21H26ClN5O. The van der Waals surface area contributed by atoms with Gasteiger partial charge in [-0.3, -0.25) is 0 Å². The van der Waals surface area contributed by atoms with Crippen LogP contribution in [0.15, 0.2) is 36.4 Å².